The summed E-state index contributed by atoms with van der Waals surface area (Å²) in [6.45, 7) is 8.58. The maximum absolute atomic E-state index is 11.9. The lowest BCUT2D eigenvalue weighted by molar-refractivity contribution is -0.130. The Bertz CT molecular complexity index is 243. The van der Waals surface area contributed by atoms with Crippen molar-refractivity contribution in [3.63, 3.8) is 0 Å². The number of methoxy groups -OCH3 is 1. The number of ether oxygens (including phenoxy) is 2. The molecule has 1 fully saturated rings. The van der Waals surface area contributed by atoms with Crippen molar-refractivity contribution in [1.29, 1.82) is 0 Å². The Morgan fingerprint density at radius 3 is 2.40 bits per heavy atom. The Kier molecular flexibility index (Phi) is 3.56. The molecular weight excluding hydrogens is 192 g/mol. The van der Waals surface area contributed by atoms with E-state index in [0.29, 0.717) is 13.0 Å². The van der Waals surface area contributed by atoms with Gasteiger partial charge in [0.15, 0.2) is 0 Å². The van der Waals surface area contributed by atoms with E-state index in [2.05, 4.69) is 0 Å². The van der Waals surface area contributed by atoms with Gasteiger partial charge >= 0.3 is 0 Å². The molecule has 3 nitrogen and oxygen atoms in total. The molecule has 0 amide bonds. The Hall–Kier alpha value is -0.410. The lowest BCUT2D eigenvalue weighted by Crippen LogP contribution is -2.34. The molecule has 1 atom stereocenters. The van der Waals surface area contributed by atoms with E-state index in [1.165, 1.54) is 0 Å². The van der Waals surface area contributed by atoms with E-state index in [1.807, 2.05) is 27.7 Å². The van der Waals surface area contributed by atoms with Crippen LogP contribution in [0.1, 0.15) is 40.5 Å². The van der Waals surface area contributed by atoms with Crippen molar-refractivity contribution in [3.8, 4) is 0 Å². The van der Waals surface area contributed by atoms with E-state index in [-0.39, 0.29) is 22.9 Å². The predicted octanol–water partition coefficient (Wildman–Crippen LogP) is 2.19. The largest absolute Gasteiger partial charge is 0.384 e. The number of Topliss-reactive ketones (excluding diaryl/α,β-unsaturated/α-hetero) is 1. The first-order valence-corrected chi connectivity index (χ1v) is 5.50. The second-order valence-electron chi connectivity index (χ2n) is 5.43. The second kappa shape index (κ2) is 4.22. The van der Waals surface area contributed by atoms with Crippen molar-refractivity contribution in [3.05, 3.63) is 0 Å². The van der Waals surface area contributed by atoms with Crippen molar-refractivity contribution in [2.75, 3.05) is 13.7 Å². The van der Waals surface area contributed by atoms with Crippen molar-refractivity contribution < 1.29 is 14.3 Å². The molecular formula is C12H22O3. The van der Waals surface area contributed by atoms with Gasteiger partial charge in [0.2, 0.25) is 0 Å². The molecule has 0 N–H and O–H groups in total. The third-order valence-corrected chi connectivity index (χ3v) is 3.02. The fraction of sp³-hybridized carbons (Fsp3) is 0.917. The van der Waals surface area contributed by atoms with Gasteiger partial charge < -0.3 is 9.47 Å². The van der Waals surface area contributed by atoms with Crippen molar-refractivity contribution >= 4 is 5.78 Å². The summed E-state index contributed by atoms with van der Waals surface area (Å²) in [4.78, 5) is 11.9. The summed E-state index contributed by atoms with van der Waals surface area (Å²) in [5.74, 6) is 0.259. The van der Waals surface area contributed by atoms with E-state index in [1.54, 1.807) is 7.11 Å². The number of carbonyl (C=O) groups is 1. The first-order valence-electron chi connectivity index (χ1n) is 5.50. The van der Waals surface area contributed by atoms with E-state index in [0.717, 1.165) is 6.42 Å². The average molecular weight is 214 g/mol. The first-order chi connectivity index (χ1) is 6.78. The van der Waals surface area contributed by atoms with E-state index in [9.17, 15) is 4.79 Å². The van der Waals surface area contributed by atoms with Crippen LogP contribution < -0.4 is 0 Å². The maximum Gasteiger partial charge on any atom is 0.141 e. The van der Waals surface area contributed by atoms with Crippen molar-refractivity contribution in [2.45, 2.75) is 51.7 Å². The van der Waals surface area contributed by atoms with Gasteiger partial charge in [-0.2, -0.15) is 0 Å². The van der Waals surface area contributed by atoms with Gasteiger partial charge in [0.1, 0.15) is 5.78 Å². The van der Waals surface area contributed by atoms with Gasteiger partial charge in [0.05, 0.1) is 17.8 Å². The second-order valence-corrected chi connectivity index (χ2v) is 5.43. The molecule has 0 bridgehead atoms. The molecule has 1 unspecified atom stereocenters. The summed E-state index contributed by atoms with van der Waals surface area (Å²) >= 11 is 0. The van der Waals surface area contributed by atoms with Gasteiger partial charge in [-0.3, -0.25) is 4.79 Å². The highest BCUT2D eigenvalue weighted by molar-refractivity contribution is 5.82. The monoisotopic (exact) mass is 214 g/mol. The van der Waals surface area contributed by atoms with Gasteiger partial charge in [0.25, 0.3) is 0 Å². The summed E-state index contributed by atoms with van der Waals surface area (Å²) in [6.07, 6.45) is 1.30. The molecule has 0 radical (unpaired) electrons. The molecule has 1 heterocycles. The zero-order valence-electron chi connectivity index (χ0n) is 10.4. The Labute approximate surface area is 92.1 Å². The fourth-order valence-electron chi connectivity index (χ4n) is 2.44. The third kappa shape index (κ3) is 3.02. The van der Waals surface area contributed by atoms with Crippen LogP contribution in [0.2, 0.25) is 0 Å². The van der Waals surface area contributed by atoms with Crippen LogP contribution in [0.25, 0.3) is 0 Å². The molecule has 1 aliphatic heterocycles. The lowest BCUT2D eigenvalue weighted by atomic mass is 9.83. The fourth-order valence-corrected chi connectivity index (χ4v) is 2.44. The van der Waals surface area contributed by atoms with Gasteiger partial charge in [0, 0.05) is 19.4 Å². The molecule has 0 saturated carbocycles. The Morgan fingerprint density at radius 2 is 2.00 bits per heavy atom. The zero-order valence-corrected chi connectivity index (χ0v) is 10.4. The minimum atomic E-state index is -0.339. The first kappa shape index (κ1) is 12.7. The number of hydrogen-bond acceptors (Lipinski definition) is 3. The standard InChI is InChI=1S/C12H22O3/c1-11(2)8-9(12(3,4)15-11)10(13)6-7-14-5/h9H,6-8H2,1-5H3. The minimum Gasteiger partial charge on any atom is -0.384 e. The molecule has 1 rings (SSSR count). The van der Waals surface area contributed by atoms with Crippen LogP contribution in [-0.2, 0) is 14.3 Å². The van der Waals surface area contributed by atoms with Gasteiger partial charge in [-0.05, 0) is 34.1 Å². The highest BCUT2D eigenvalue weighted by atomic mass is 16.5. The van der Waals surface area contributed by atoms with E-state index in [4.69, 9.17) is 9.47 Å². The normalized spacial score (nSPS) is 27.9. The van der Waals surface area contributed by atoms with Gasteiger partial charge in [-0.1, -0.05) is 0 Å². The minimum absolute atomic E-state index is 0.00245. The van der Waals surface area contributed by atoms with Crippen LogP contribution in [0.15, 0.2) is 0 Å². The topological polar surface area (TPSA) is 35.5 Å². The van der Waals surface area contributed by atoms with Crippen LogP contribution >= 0.6 is 0 Å². The SMILES string of the molecule is COCCC(=O)C1CC(C)(C)OC1(C)C. The molecule has 0 aromatic heterocycles. The molecule has 0 aliphatic carbocycles. The quantitative estimate of drug-likeness (QED) is 0.719. The molecule has 0 aromatic rings. The summed E-state index contributed by atoms with van der Waals surface area (Å²) in [6, 6.07) is 0. The highest BCUT2D eigenvalue weighted by Crippen LogP contribution is 2.42. The highest BCUT2D eigenvalue weighted by Gasteiger charge is 2.48. The number of rotatable bonds is 4. The zero-order chi connectivity index (χ0) is 11.7. The van der Waals surface area contributed by atoms with Gasteiger partial charge in [-0.25, -0.2) is 0 Å². The Balaban J connectivity index is 2.65. The average Bonchev–Trinajstić information content (AvgIpc) is 2.30. The molecule has 1 saturated heterocycles. The van der Waals surface area contributed by atoms with Gasteiger partial charge in [-0.15, -0.1) is 0 Å². The molecule has 88 valence electrons. The van der Waals surface area contributed by atoms with Crippen LogP contribution in [0, 0.1) is 5.92 Å². The summed E-state index contributed by atoms with van der Waals surface area (Å²) in [7, 11) is 1.62. The molecule has 0 spiro atoms. The molecule has 15 heavy (non-hydrogen) atoms. The summed E-state index contributed by atoms with van der Waals surface area (Å²) in [5, 5.41) is 0. The molecule has 0 aromatic carbocycles. The number of ketones is 1. The smallest absolute Gasteiger partial charge is 0.141 e. The summed E-state index contributed by atoms with van der Waals surface area (Å²) in [5.41, 5.74) is -0.523. The van der Waals surface area contributed by atoms with Crippen LogP contribution in [-0.4, -0.2) is 30.7 Å². The lowest BCUT2D eigenvalue weighted by Gasteiger charge is -2.26. The van der Waals surface area contributed by atoms with Crippen molar-refractivity contribution in [2.24, 2.45) is 5.92 Å². The Morgan fingerprint density at radius 1 is 1.40 bits per heavy atom. The van der Waals surface area contributed by atoms with Crippen LogP contribution in [0.5, 0.6) is 0 Å². The maximum atomic E-state index is 11.9. The van der Waals surface area contributed by atoms with E-state index < -0.39 is 0 Å². The molecule has 1 aliphatic rings. The number of hydrogen-bond donors (Lipinski definition) is 0. The van der Waals surface area contributed by atoms with Crippen LogP contribution in [0.4, 0.5) is 0 Å². The summed E-state index contributed by atoms with van der Waals surface area (Å²) < 4.78 is 10.8. The number of carbonyl (C=O) groups excluding carboxylic acids is 1. The van der Waals surface area contributed by atoms with E-state index >= 15 is 0 Å². The van der Waals surface area contributed by atoms with Crippen molar-refractivity contribution in [1.82, 2.24) is 0 Å². The third-order valence-electron chi connectivity index (χ3n) is 3.02. The predicted molar refractivity (Wildman–Crippen MR) is 58.9 cm³/mol. The van der Waals surface area contributed by atoms with Crippen LogP contribution in [0.3, 0.4) is 0 Å². The molecule has 3 heteroatoms.